The Morgan fingerprint density at radius 1 is 0.913 bits per heavy atom. The molecule has 0 radical (unpaired) electrons. The monoisotopic (exact) mass is 302 g/mol. The van der Waals surface area contributed by atoms with Gasteiger partial charge in [0.25, 0.3) is 0 Å². The highest BCUT2D eigenvalue weighted by atomic mass is 19.1. The van der Waals surface area contributed by atoms with E-state index in [0.717, 1.165) is 33.3 Å². The van der Waals surface area contributed by atoms with Crippen LogP contribution in [0.3, 0.4) is 0 Å². The molecule has 0 spiro atoms. The highest BCUT2D eigenvalue weighted by molar-refractivity contribution is 5.95. The SMILES string of the molecule is Cc1cccc(-c2c[nH]c3ncc(-c4cccc(F)c4)cc23)c1. The second-order valence-electron chi connectivity index (χ2n) is 5.70. The zero-order valence-corrected chi connectivity index (χ0v) is 12.7. The number of fused-ring (bicyclic) bond motifs is 1. The standard InChI is InChI=1S/C20H15FN2/c1-13-4-2-6-15(8-13)19-12-23-20-18(19)10-16(11-22-20)14-5-3-7-17(21)9-14/h2-12H,1H3,(H,22,23). The lowest BCUT2D eigenvalue weighted by Gasteiger charge is -2.04. The van der Waals surface area contributed by atoms with E-state index in [2.05, 4.69) is 41.2 Å². The van der Waals surface area contributed by atoms with Crippen LogP contribution in [0.1, 0.15) is 5.56 Å². The number of halogens is 1. The van der Waals surface area contributed by atoms with Crippen LogP contribution in [-0.2, 0) is 0 Å². The first-order chi connectivity index (χ1) is 11.2. The number of H-pyrrole nitrogens is 1. The Kier molecular flexibility index (Phi) is 3.19. The maximum absolute atomic E-state index is 13.5. The topological polar surface area (TPSA) is 28.7 Å². The molecule has 0 saturated heterocycles. The fourth-order valence-electron chi connectivity index (χ4n) is 2.88. The van der Waals surface area contributed by atoms with Crippen molar-refractivity contribution in [1.82, 2.24) is 9.97 Å². The van der Waals surface area contributed by atoms with Crippen LogP contribution in [0.2, 0.25) is 0 Å². The summed E-state index contributed by atoms with van der Waals surface area (Å²) in [6.07, 6.45) is 3.75. The third-order valence-corrected chi connectivity index (χ3v) is 4.02. The summed E-state index contributed by atoms with van der Waals surface area (Å²) >= 11 is 0. The van der Waals surface area contributed by atoms with Crippen LogP contribution in [-0.4, -0.2) is 9.97 Å². The van der Waals surface area contributed by atoms with Crippen molar-refractivity contribution in [1.29, 1.82) is 0 Å². The molecule has 0 bridgehead atoms. The molecular formula is C20H15FN2. The van der Waals surface area contributed by atoms with Crippen LogP contribution in [0.5, 0.6) is 0 Å². The second-order valence-corrected chi connectivity index (χ2v) is 5.70. The molecule has 1 N–H and O–H groups in total. The molecule has 0 amide bonds. The second kappa shape index (κ2) is 5.36. The summed E-state index contributed by atoms with van der Waals surface area (Å²) in [6.45, 7) is 2.08. The zero-order chi connectivity index (χ0) is 15.8. The van der Waals surface area contributed by atoms with Crippen molar-refractivity contribution >= 4 is 11.0 Å². The lowest BCUT2D eigenvalue weighted by Crippen LogP contribution is -1.84. The van der Waals surface area contributed by atoms with E-state index in [9.17, 15) is 4.39 Å². The van der Waals surface area contributed by atoms with E-state index < -0.39 is 0 Å². The van der Waals surface area contributed by atoms with E-state index >= 15 is 0 Å². The minimum atomic E-state index is -0.240. The van der Waals surface area contributed by atoms with E-state index in [1.165, 1.54) is 17.7 Å². The van der Waals surface area contributed by atoms with Gasteiger partial charge in [0.15, 0.2) is 0 Å². The first-order valence-electron chi connectivity index (χ1n) is 7.51. The number of aromatic nitrogens is 2. The van der Waals surface area contributed by atoms with Gasteiger partial charge >= 0.3 is 0 Å². The van der Waals surface area contributed by atoms with Crippen LogP contribution in [0.4, 0.5) is 4.39 Å². The normalized spacial score (nSPS) is 11.0. The number of hydrogen-bond acceptors (Lipinski definition) is 1. The number of aryl methyl sites for hydroxylation is 1. The molecular weight excluding hydrogens is 287 g/mol. The van der Waals surface area contributed by atoms with Gasteiger partial charge in [0, 0.05) is 28.9 Å². The molecule has 2 heterocycles. The summed E-state index contributed by atoms with van der Waals surface area (Å²) in [5, 5.41) is 1.04. The molecule has 4 aromatic rings. The van der Waals surface area contributed by atoms with Gasteiger partial charge in [0.1, 0.15) is 11.5 Å². The number of nitrogens with zero attached hydrogens (tertiary/aromatic N) is 1. The smallest absolute Gasteiger partial charge is 0.137 e. The van der Waals surface area contributed by atoms with E-state index in [4.69, 9.17) is 0 Å². The quantitative estimate of drug-likeness (QED) is 0.531. The van der Waals surface area contributed by atoms with E-state index in [1.807, 2.05) is 18.3 Å². The van der Waals surface area contributed by atoms with Crippen molar-refractivity contribution in [3.8, 4) is 22.3 Å². The average molecular weight is 302 g/mol. The molecule has 0 saturated carbocycles. The Morgan fingerprint density at radius 2 is 1.74 bits per heavy atom. The Balaban J connectivity index is 1.90. The van der Waals surface area contributed by atoms with Crippen LogP contribution in [0.25, 0.3) is 33.3 Å². The van der Waals surface area contributed by atoms with Crippen LogP contribution >= 0.6 is 0 Å². The van der Waals surface area contributed by atoms with Gasteiger partial charge in [-0.2, -0.15) is 0 Å². The number of hydrogen-bond donors (Lipinski definition) is 1. The zero-order valence-electron chi connectivity index (χ0n) is 12.7. The summed E-state index contributed by atoms with van der Waals surface area (Å²) in [7, 11) is 0. The number of benzene rings is 2. The minimum Gasteiger partial charge on any atom is -0.346 e. The molecule has 112 valence electrons. The first-order valence-corrected chi connectivity index (χ1v) is 7.51. The molecule has 0 fully saturated rings. The van der Waals surface area contributed by atoms with Gasteiger partial charge in [-0.1, -0.05) is 42.0 Å². The van der Waals surface area contributed by atoms with Crippen molar-refractivity contribution < 1.29 is 4.39 Å². The minimum absolute atomic E-state index is 0.240. The van der Waals surface area contributed by atoms with Crippen molar-refractivity contribution in [3.63, 3.8) is 0 Å². The molecule has 0 atom stereocenters. The van der Waals surface area contributed by atoms with E-state index in [0.29, 0.717) is 0 Å². The van der Waals surface area contributed by atoms with Crippen molar-refractivity contribution in [3.05, 3.63) is 78.4 Å². The number of aromatic amines is 1. The fourth-order valence-corrected chi connectivity index (χ4v) is 2.88. The molecule has 0 unspecified atom stereocenters. The van der Waals surface area contributed by atoms with Crippen LogP contribution < -0.4 is 0 Å². The molecule has 2 nitrogen and oxygen atoms in total. The molecule has 3 heteroatoms. The lowest BCUT2D eigenvalue weighted by atomic mass is 10.0. The molecule has 2 aromatic carbocycles. The lowest BCUT2D eigenvalue weighted by molar-refractivity contribution is 0.628. The number of nitrogens with one attached hydrogen (secondary N) is 1. The predicted molar refractivity (Wildman–Crippen MR) is 91.7 cm³/mol. The fraction of sp³-hybridized carbons (Fsp3) is 0.0500. The molecule has 23 heavy (non-hydrogen) atoms. The van der Waals surface area contributed by atoms with E-state index in [1.54, 1.807) is 12.3 Å². The average Bonchev–Trinajstić information content (AvgIpc) is 2.98. The number of rotatable bonds is 2. The van der Waals surface area contributed by atoms with Gasteiger partial charge in [0.2, 0.25) is 0 Å². The van der Waals surface area contributed by atoms with Gasteiger partial charge in [0.05, 0.1) is 0 Å². The number of pyridine rings is 1. The first kappa shape index (κ1) is 13.7. The molecule has 0 aliphatic carbocycles. The van der Waals surface area contributed by atoms with Gasteiger partial charge in [-0.25, -0.2) is 9.37 Å². The molecule has 0 aliphatic rings. The van der Waals surface area contributed by atoms with Crippen LogP contribution in [0, 0.1) is 12.7 Å². The molecule has 0 aliphatic heterocycles. The predicted octanol–water partition coefficient (Wildman–Crippen LogP) is 5.34. The van der Waals surface area contributed by atoms with Gasteiger partial charge in [-0.3, -0.25) is 0 Å². The molecule has 4 rings (SSSR count). The largest absolute Gasteiger partial charge is 0.346 e. The van der Waals surface area contributed by atoms with Crippen LogP contribution in [0.15, 0.2) is 67.0 Å². The Hall–Kier alpha value is -2.94. The summed E-state index contributed by atoms with van der Waals surface area (Å²) in [5.74, 6) is -0.240. The highest BCUT2D eigenvalue weighted by Crippen LogP contribution is 2.31. The Bertz CT molecular complexity index is 1000. The van der Waals surface area contributed by atoms with E-state index in [-0.39, 0.29) is 5.82 Å². The van der Waals surface area contributed by atoms with Gasteiger partial charge in [-0.05, 0) is 36.2 Å². The summed E-state index contributed by atoms with van der Waals surface area (Å²) in [5.41, 5.74) is 6.04. The third kappa shape index (κ3) is 2.50. The summed E-state index contributed by atoms with van der Waals surface area (Å²) in [4.78, 5) is 7.69. The van der Waals surface area contributed by atoms with Crippen molar-refractivity contribution in [2.24, 2.45) is 0 Å². The summed E-state index contributed by atoms with van der Waals surface area (Å²) < 4.78 is 13.5. The Labute approximate surface area is 133 Å². The summed E-state index contributed by atoms with van der Waals surface area (Å²) in [6, 6.07) is 17.0. The third-order valence-electron chi connectivity index (χ3n) is 4.02. The van der Waals surface area contributed by atoms with Crippen molar-refractivity contribution in [2.75, 3.05) is 0 Å². The van der Waals surface area contributed by atoms with Crippen molar-refractivity contribution in [2.45, 2.75) is 6.92 Å². The maximum atomic E-state index is 13.5. The Morgan fingerprint density at radius 3 is 2.57 bits per heavy atom. The maximum Gasteiger partial charge on any atom is 0.137 e. The van der Waals surface area contributed by atoms with Gasteiger partial charge in [-0.15, -0.1) is 0 Å². The molecule has 2 aromatic heterocycles. The highest BCUT2D eigenvalue weighted by Gasteiger charge is 2.09. The van der Waals surface area contributed by atoms with Gasteiger partial charge < -0.3 is 4.98 Å².